The van der Waals surface area contributed by atoms with Gasteiger partial charge >= 0.3 is 0 Å². The van der Waals surface area contributed by atoms with E-state index >= 15 is 0 Å². The van der Waals surface area contributed by atoms with Gasteiger partial charge < -0.3 is 10.2 Å². The predicted molar refractivity (Wildman–Crippen MR) is 84.5 cm³/mol. The number of rotatable bonds is 5. The molecule has 1 N–H and O–H groups in total. The molecule has 0 aliphatic heterocycles. The summed E-state index contributed by atoms with van der Waals surface area (Å²) in [5, 5.41) is 5.47. The first-order chi connectivity index (χ1) is 9.59. The predicted octanol–water partition coefficient (Wildman–Crippen LogP) is 3.43. The number of nitrogens with one attached hydrogen (secondary N) is 1. The molecule has 0 aliphatic carbocycles. The number of benzene rings is 1. The van der Waals surface area contributed by atoms with Crippen LogP contribution in [0.25, 0.3) is 0 Å². The molecule has 0 fully saturated rings. The molecule has 1 amide bonds. The first kappa shape index (κ1) is 15.0. The van der Waals surface area contributed by atoms with Crippen LogP contribution in [0.1, 0.15) is 21.3 Å². The zero-order valence-electron chi connectivity index (χ0n) is 11.5. The topological polar surface area (TPSA) is 32.3 Å². The molecule has 5 heteroatoms. The number of hydrogen-bond acceptors (Lipinski definition) is 3. The van der Waals surface area contributed by atoms with E-state index in [2.05, 4.69) is 16.3 Å². The van der Waals surface area contributed by atoms with Crippen LogP contribution >= 0.6 is 22.9 Å². The summed E-state index contributed by atoms with van der Waals surface area (Å²) in [5.41, 5.74) is 0.512. The average molecular weight is 309 g/mol. The Morgan fingerprint density at radius 3 is 2.65 bits per heavy atom. The SMILES string of the molecule is CN(C)[C@@H](CNC(=O)c1ccccc1Cl)c1cccs1. The molecule has 106 valence electrons. The largest absolute Gasteiger partial charge is 0.350 e. The van der Waals surface area contributed by atoms with Crippen LogP contribution < -0.4 is 5.32 Å². The summed E-state index contributed by atoms with van der Waals surface area (Å²) in [4.78, 5) is 15.5. The Balaban J connectivity index is 2.03. The van der Waals surface area contributed by atoms with Crippen LogP contribution in [-0.4, -0.2) is 31.4 Å². The van der Waals surface area contributed by atoms with Crippen molar-refractivity contribution < 1.29 is 4.79 Å². The van der Waals surface area contributed by atoms with E-state index in [0.29, 0.717) is 17.1 Å². The summed E-state index contributed by atoms with van der Waals surface area (Å²) >= 11 is 7.72. The van der Waals surface area contributed by atoms with Gasteiger partial charge in [-0.1, -0.05) is 29.8 Å². The van der Waals surface area contributed by atoms with Gasteiger partial charge in [-0.25, -0.2) is 0 Å². The van der Waals surface area contributed by atoms with Gasteiger partial charge in [0.15, 0.2) is 0 Å². The minimum Gasteiger partial charge on any atom is -0.350 e. The molecule has 0 saturated heterocycles. The molecule has 0 unspecified atom stereocenters. The lowest BCUT2D eigenvalue weighted by Crippen LogP contribution is -2.34. The molecule has 20 heavy (non-hydrogen) atoms. The summed E-state index contributed by atoms with van der Waals surface area (Å²) in [6.07, 6.45) is 0. The second-order valence-electron chi connectivity index (χ2n) is 4.68. The van der Waals surface area contributed by atoms with Crippen molar-refractivity contribution in [3.63, 3.8) is 0 Å². The minimum atomic E-state index is -0.140. The molecule has 2 aromatic rings. The zero-order chi connectivity index (χ0) is 14.5. The number of carbonyl (C=O) groups excluding carboxylic acids is 1. The Hall–Kier alpha value is -1.36. The van der Waals surface area contributed by atoms with Crippen LogP contribution in [0.5, 0.6) is 0 Å². The highest BCUT2D eigenvalue weighted by Gasteiger charge is 2.17. The summed E-state index contributed by atoms with van der Waals surface area (Å²) in [6.45, 7) is 0.553. The number of amides is 1. The molecule has 1 aromatic carbocycles. The van der Waals surface area contributed by atoms with Crippen LogP contribution in [0, 0.1) is 0 Å². The maximum absolute atomic E-state index is 12.2. The molecule has 0 bridgehead atoms. The molecule has 1 aromatic heterocycles. The summed E-state index contributed by atoms with van der Waals surface area (Å²) < 4.78 is 0. The van der Waals surface area contributed by atoms with E-state index in [1.807, 2.05) is 37.7 Å². The van der Waals surface area contributed by atoms with Crippen molar-refractivity contribution in [1.29, 1.82) is 0 Å². The third-order valence-electron chi connectivity index (χ3n) is 3.07. The standard InChI is InChI=1S/C15H17ClN2OS/c1-18(2)13(14-8-5-9-20-14)10-17-15(19)11-6-3-4-7-12(11)16/h3-9,13H,10H2,1-2H3,(H,17,19)/t13-/m0/s1. The number of carbonyl (C=O) groups is 1. The lowest BCUT2D eigenvalue weighted by Gasteiger charge is -2.23. The van der Waals surface area contributed by atoms with Crippen molar-refractivity contribution in [2.75, 3.05) is 20.6 Å². The quantitative estimate of drug-likeness (QED) is 0.918. The molecule has 0 radical (unpaired) electrons. The highest BCUT2D eigenvalue weighted by atomic mass is 35.5. The van der Waals surface area contributed by atoms with Crippen molar-refractivity contribution in [1.82, 2.24) is 10.2 Å². The summed E-state index contributed by atoms with van der Waals surface area (Å²) in [7, 11) is 4.01. The first-order valence-corrected chi connectivity index (χ1v) is 7.58. The van der Waals surface area contributed by atoms with Gasteiger partial charge in [0.05, 0.1) is 16.6 Å². The molecule has 1 atom stereocenters. The molecular weight excluding hydrogens is 292 g/mol. The van der Waals surface area contributed by atoms with Gasteiger partial charge in [0.1, 0.15) is 0 Å². The first-order valence-electron chi connectivity index (χ1n) is 6.32. The number of hydrogen-bond donors (Lipinski definition) is 1. The molecule has 1 heterocycles. The Labute approximate surface area is 128 Å². The van der Waals surface area contributed by atoms with Crippen LogP contribution in [0.3, 0.4) is 0 Å². The third kappa shape index (κ3) is 3.60. The van der Waals surface area contributed by atoms with Gasteiger partial charge in [0, 0.05) is 11.4 Å². The van der Waals surface area contributed by atoms with Crippen molar-refractivity contribution in [2.24, 2.45) is 0 Å². The van der Waals surface area contributed by atoms with Crippen molar-refractivity contribution in [3.05, 3.63) is 57.2 Å². The van der Waals surface area contributed by atoms with E-state index in [-0.39, 0.29) is 11.9 Å². The van der Waals surface area contributed by atoms with Crippen LogP contribution in [0.4, 0.5) is 0 Å². The second-order valence-corrected chi connectivity index (χ2v) is 6.07. The molecule has 2 rings (SSSR count). The van der Waals surface area contributed by atoms with Gasteiger partial charge in [0.25, 0.3) is 5.91 Å². The van der Waals surface area contributed by atoms with Crippen LogP contribution in [0.15, 0.2) is 41.8 Å². The van der Waals surface area contributed by atoms with Gasteiger partial charge in [-0.15, -0.1) is 11.3 Å². The zero-order valence-corrected chi connectivity index (χ0v) is 13.0. The number of nitrogens with zero attached hydrogens (tertiary/aromatic N) is 1. The fourth-order valence-electron chi connectivity index (χ4n) is 1.95. The fraction of sp³-hybridized carbons (Fsp3) is 0.267. The molecule has 0 spiro atoms. The monoisotopic (exact) mass is 308 g/mol. The van der Waals surface area contributed by atoms with Gasteiger partial charge in [-0.2, -0.15) is 0 Å². The minimum absolute atomic E-state index is 0.140. The van der Waals surface area contributed by atoms with E-state index < -0.39 is 0 Å². The lowest BCUT2D eigenvalue weighted by molar-refractivity contribution is 0.0942. The van der Waals surface area contributed by atoms with Gasteiger partial charge in [-0.05, 0) is 37.7 Å². The van der Waals surface area contributed by atoms with E-state index in [4.69, 9.17) is 11.6 Å². The van der Waals surface area contributed by atoms with Gasteiger partial charge in [-0.3, -0.25) is 4.79 Å². The van der Waals surface area contributed by atoms with Crippen LogP contribution in [-0.2, 0) is 0 Å². The van der Waals surface area contributed by atoms with Crippen LogP contribution in [0.2, 0.25) is 5.02 Å². The number of likely N-dealkylation sites (N-methyl/N-ethyl adjacent to an activating group) is 1. The Morgan fingerprint density at radius 1 is 1.30 bits per heavy atom. The van der Waals surface area contributed by atoms with Crippen molar-refractivity contribution in [3.8, 4) is 0 Å². The highest BCUT2D eigenvalue weighted by molar-refractivity contribution is 7.10. The molecule has 0 saturated carbocycles. The van der Waals surface area contributed by atoms with E-state index in [1.165, 1.54) is 4.88 Å². The summed E-state index contributed by atoms with van der Waals surface area (Å²) in [6, 6.07) is 11.3. The average Bonchev–Trinajstić information content (AvgIpc) is 2.92. The van der Waals surface area contributed by atoms with Gasteiger partial charge in [0.2, 0.25) is 0 Å². The fourth-order valence-corrected chi connectivity index (χ4v) is 3.09. The molecule has 3 nitrogen and oxygen atoms in total. The maximum Gasteiger partial charge on any atom is 0.252 e. The third-order valence-corrected chi connectivity index (χ3v) is 4.37. The number of thiophene rings is 1. The van der Waals surface area contributed by atoms with Crippen molar-refractivity contribution in [2.45, 2.75) is 6.04 Å². The normalized spacial score (nSPS) is 12.4. The Kier molecular flexibility index (Phi) is 5.17. The van der Waals surface area contributed by atoms with E-state index in [9.17, 15) is 4.79 Å². The van der Waals surface area contributed by atoms with Crippen molar-refractivity contribution >= 4 is 28.8 Å². The maximum atomic E-state index is 12.2. The smallest absolute Gasteiger partial charge is 0.252 e. The van der Waals surface area contributed by atoms with E-state index in [1.54, 1.807) is 23.5 Å². The lowest BCUT2D eigenvalue weighted by atomic mass is 10.2. The second kappa shape index (κ2) is 6.88. The number of halogens is 1. The molecular formula is C15H17ClN2OS. The summed E-state index contributed by atoms with van der Waals surface area (Å²) in [5.74, 6) is -0.140. The Bertz CT molecular complexity index is 569. The highest BCUT2D eigenvalue weighted by Crippen LogP contribution is 2.22. The Morgan fingerprint density at radius 2 is 2.05 bits per heavy atom. The van der Waals surface area contributed by atoms with E-state index in [0.717, 1.165) is 0 Å². The molecule has 0 aliphatic rings.